The number of piperidine rings is 1. The summed E-state index contributed by atoms with van der Waals surface area (Å²) in [5.74, 6) is -0.975. The molecule has 5 nitrogen and oxygen atoms in total. The molecule has 1 N–H and O–H groups in total. The summed E-state index contributed by atoms with van der Waals surface area (Å²) < 4.78 is 45.4. The van der Waals surface area contributed by atoms with Crippen LogP contribution in [0, 0.1) is 0 Å². The summed E-state index contributed by atoms with van der Waals surface area (Å²) in [6.45, 7) is 2.03. The van der Waals surface area contributed by atoms with Crippen LogP contribution in [0.5, 0.6) is 0 Å². The number of benzene rings is 2. The monoisotopic (exact) mass is 466 g/mol. The first-order chi connectivity index (χ1) is 15.2. The largest absolute Gasteiger partial charge is 0.478 e. The molecule has 0 aromatic heterocycles. The zero-order valence-electron chi connectivity index (χ0n) is 17.2. The number of carbonyl (C=O) groups is 1. The van der Waals surface area contributed by atoms with Crippen molar-refractivity contribution in [3.8, 4) is 0 Å². The van der Waals surface area contributed by atoms with Crippen LogP contribution in [-0.4, -0.2) is 47.1 Å². The number of likely N-dealkylation sites (tertiary alicyclic amines) is 1. The third kappa shape index (κ3) is 4.98. The second kappa shape index (κ2) is 8.84. The molecule has 2 heterocycles. The first-order valence-corrected chi connectivity index (χ1v) is 10.6. The highest BCUT2D eigenvalue weighted by molar-refractivity contribution is 6.31. The zero-order chi connectivity index (χ0) is 22.9. The standard InChI is InChI=1S/C23H22ClF3N2O3/c24-19-6-1-15(11-18(19)23(25,26)27)13-29-9-7-22(8-10-29)12-20(28-14-32-22)16-2-4-17(5-3-16)21(30)31/h1-6,11H,7-10,12-14H2,(H,30,31). The topological polar surface area (TPSA) is 62.1 Å². The number of halogens is 4. The molecule has 0 saturated carbocycles. The van der Waals surface area contributed by atoms with E-state index in [1.165, 1.54) is 6.07 Å². The van der Waals surface area contributed by atoms with Crippen molar-refractivity contribution >= 4 is 23.3 Å². The molecule has 0 radical (unpaired) electrons. The van der Waals surface area contributed by atoms with Crippen LogP contribution in [0.15, 0.2) is 47.5 Å². The van der Waals surface area contributed by atoms with Gasteiger partial charge in [-0.25, -0.2) is 4.79 Å². The lowest BCUT2D eigenvalue weighted by Gasteiger charge is -2.43. The molecule has 0 bridgehead atoms. The van der Waals surface area contributed by atoms with Crippen LogP contribution in [0.1, 0.15) is 46.3 Å². The number of carboxylic acid groups (broad SMARTS) is 1. The van der Waals surface area contributed by atoms with Gasteiger partial charge in [0.25, 0.3) is 0 Å². The van der Waals surface area contributed by atoms with Gasteiger partial charge in [0.2, 0.25) is 0 Å². The van der Waals surface area contributed by atoms with Gasteiger partial charge in [0, 0.05) is 31.8 Å². The fraction of sp³-hybridized carbons (Fsp3) is 0.391. The van der Waals surface area contributed by atoms with E-state index >= 15 is 0 Å². The van der Waals surface area contributed by atoms with Crippen molar-refractivity contribution in [3.05, 3.63) is 69.7 Å². The van der Waals surface area contributed by atoms with Crippen LogP contribution in [-0.2, 0) is 17.5 Å². The van der Waals surface area contributed by atoms with Gasteiger partial charge in [-0.15, -0.1) is 0 Å². The second-order valence-electron chi connectivity index (χ2n) is 8.21. The van der Waals surface area contributed by atoms with Gasteiger partial charge >= 0.3 is 12.1 Å². The summed E-state index contributed by atoms with van der Waals surface area (Å²) in [7, 11) is 0. The first kappa shape index (κ1) is 22.8. The minimum Gasteiger partial charge on any atom is -0.478 e. The van der Waals surface area contributed by atoms with Crippen molar-refractivity contribution in [1.82, 2.24) is 4.90 Å². The number of rotatable bonds is 4. The quantitative estimate of drug-likeness (QED) is 0.667. The van der Waals surface area contributed by atoms with Gasteiger partial charge in [0.05, 0.1) is 21.8 Å². The highest BCUT2D eigenvalue weighted by Gasteiger charge is 2.39. The zero-order valence-corrected chi connectivity index (χ0v) is 17.9. The van der Waals surface area contributed by atoms with Crippen LogP contribution in [0.2, 0.25) is 5.02 Å². The molecule has 2 aromatic rings. The van der Waals surface area contributed by atoms with Crippen LogP contribution in [0.25, 0.3) is 0 Å². The second-order valence-corrected chi connectivity index (χ2v) is 8.62. The highest BCUT2D eigenvalue weighted by Crippen LogP contribution is 2.37. The molecule has 0 amide bonds. The van der Waals surface area contributed by atoms with Crippen molar-refractivity contribution in [2.24, 2.45) is 4.99 Å². The maximum absolute atomic E-state index is 13.1. The normalized spacial score (nSPS) is 19.1. The first-order valence-electron chi connectivity index (χ1n) is 10.2. The van der Waals surface area contributed by atoms with E-state index in [1.54, 1.807) is 30.3 Å². The van der Waals surface area contributed by atoms with E-state index in [4.69, 9.17) is 21.4 Å². The molecule has 1 fully saturated rings. The summed E-state index contributed by atoms with van der Waals surface area (Å²) in [5, 5.41) is 8.77. The summed E-state index contributed by atoms with van der Waals surface area (Å²) in [5.41, 5.74) is 1.38. The number of nitrogens with zero attached hydrogens (tertiary/aromatic N) is 2. The number of carboxylic acids is 1. The Morgan fingerprint density at radius 3 is 2.47 bits per heavy atom. The molecule has 0 atom stereocenters. The van der Waals surface area contributed by atoms with E-state index in [2.05, 4.69) is 9.89 Å². The van der Waals surface area contributed by atoms with Gasteiger partial charge in [0.1, 0.15) is 6.73 Å². The van der Waals surface area contributed by atoms with E-state index in [1.807, 2.05) is 0 Å². The maximum Gasteiger partial charge on any atom is 0.417 e. The summed E-state index contributed by atoms with van der Waals surface area (Å²) in [6, 6.07) is 10.7. The number of hydrogen-bond acceptors (Lipinski definition) is 4. The minimum atomic E-state index is -4.48. The number of alkyl halides is 3. The molecule has 32 heavy (non-hydrogen) atoms. The van der Waals surface area contributed by atoms with E-state index in [9.17, 15) is 18.0 Å². The number of aromatic carboxylic acids is 1. The van der Waals surface area contributed by atoms with Crippen LogP contribution in [0.4, 0.5) is 13.2 Å². The minimum absolute atomic E-state index is 0.223. The Morgan fingerprint density at radius 1 is 1.16 bits per heavy atom. The SMILES string of the molecule is O=C(O)c1ccc(C2=NCOC3(CCN(Cc4ccc(Cl)c(C(F)(F)F)c4)CC3)C2)cc1. The van der Waals surface area contributed by atoms with Crippen LogP contribution in [0.3, 0.4) is 0 Å². The molecule has 0 unspecified atom stereocenters. The van der Waals surface area contributed by atoms with Crippen LogP contribution >= 0.6 is 11.6 Å². The molecule has 2 aliphatic heterocycles. The highest BCUT2D eigenvalue weighted by atomic mass is 35.5. The van der Waals surface area contributed by atoms with E-state index < -0.39 is 17.7 Å². The van der Waals surface area contributed by atoms with Crippen molar-refractivity contribution < 1.29 is 27.8 Å². The van der Waals surface area contributed by atoms with Gasteiger partial charge in [-0.1, -0.05) is 29.8 Å². The third-order valence-corrected chi connectivity index (χ3v) is 6.42. The number of hydrogen-bond donors (Lipinski definition) is 1. The molecular weight excluding hydrogens is 445 g/mol. The van der Waals surface area contributed by atoms with Gasteiger partial charge in [-0.05, 0) is 48.2 Å². The molecule has 2 aromatic carbocycles. The Hall–Kier alpha value is -2.42. The molecule has 0 aliphatic carbocycles. The lowest BCUT2D eigenvalue weighted by Crippen LogP contribution is -2.48. The average molecular weight is 467 g/mol. The average Bonchev–Trinajstić information content (AvgIpc) is 2.76. The Bertz CT molecular complexity index is 1030. The lowest BCUT2D eigenvalue weighted by atomic mass is 9.83. The predicted molar refractivity (Wildman–Crippen MR) is 114 cm³/mol. The number of ether oxygens (including phenoxy) is 1. The van der Waals surface area contributed by atoms with Gasteiger partial charge in [0.15, 0.2) is 0 Å². The maximum atomic E-state index is 13.1. The Kier molecular flexibility index (Phi) is 6.29. The van der Waals surface area contributed by atoms with Gasteiger partial charge in [-0.2, -0.15) is 13.2 Å². The fourth-order valence-corrected chi connectivity index (χ4v) is 4.47. The van der Waals surface area contributed by atoms with Gasteiger partial charge < -0.3 is 9.84 Å². The summed E-state index contributed by atoms with van der Waals surface area (Å²) in [4.78, 5) is 17.6. The Morgan fingerprint density at radius 2 is 1.84 bits per heavy atom. The molecular formula is C23H22ClF3N2O3. The molecule has 1 spiro atoms. The van der Waals surface area contributed by atoms with Crippen molar-refractivity contribution in [2.45, 2.75) is 37.6 Å². The van der Waals surface area contributed by atoms with E-state index in [-0.39, 0.29) is 22.9 Å². The van der Waals surface area contributed by atoms with Crippen LogP contribution < -0.4 is 0 Å². The van der Waals surface area contributed by atoms with Gasteiger partial charge in [-0.3, -0.25) is 9.89 Å². The molecule has 170 valence electrons. The summed E-state index contributed by atoms with van der Waals surface area (Å²) in [6.07, 6.45) is -2.39. The van der Waals surface area contributed by atoms with E-state index in [0.29, 0.717) is 31.6 Å². The summed E-state index contributed by atoms with van der Waals surface area (Å²) >= 11 is 5.72. The third-order valence-electron chi connectivity index (χ3n) is 6.09. The Balaban J connectivity index is 1.39. The smallest absolute Gasteiger partial charge is 0.417 e. The van der Waals surface area contributed by atoms with Crippen molar-refractivity contribution in [2.75, 3.05) is 19.8 Å². The van der Waals surface area contributed by atoms with E-state index in [0.717, 1.165) is 30.2 Å². The Labute approximate surface area is 188 Å². The van der Waals surface area contributed by atoms with Crippen molar-refractivity contribution in [1.29, 1.82) is 0 Å². The lowest BCUT2D eigenvalue weighted by molar-refractivity contribution is -0.137. The molecule has 1 saturated heterocycles. The fourth-order valence-electron chi connectivity index (χ4n) is 4.24. The molecule has 4 rings (SSSR count). The molecule has 2 aliphatic rings. The number of aliphatic imine (C=N–C) groups is 1. The van der Waals surface area contributed by atoms with Crippen molar-refractivity contribution in [3.63, 3.8) is 0 Å². The molecule has 9 heteroatoms. The predicted octanol–water partition coefficient (Wildman–Crippen LogP) is 5.26.